The minimum atomic E-state index is -4.36. The van der Waals surface area contributed by atoms with Crippen LogP contribution in [0.25, 0.3) is 16.7 Å². The summed E-state index contributed by atoms with van der Waals surface area (Å²) in [4.78, 5) is 15.1. The molecule has 36 heavy (non-hydrogen) atoms. The lowest BCUT2D eigenvalue weighted by Gasteiger charge is -2.33. The van der Waals surface area contributed by atoms with Gasteiger partial charge in [-0.25, -0.2) is 4.79 Å². The summed E-state index contributed by atoms with van der Waals surface area (Å²) in [5.74, 6) is 0.00465. The summed E-state index contributed by atoms with van der Waals surface area (Å²) < 4.78 is 45.4. The van der Waals surface area contributed by atoms with E-state index in [0.717, 1.165) is 30.0 Å². The van der Waals surface area contributed by atoms with Gasteiger partial charge >= 0.3 is 12.3 Å². The fourth-order valence-corrected chi connectivity index (χ4v) is 6.18. The van der Waals surface area contributed by atoms with E-state index in [-0.39, 0.29) is 36.3 Å². The molecule has 2 bridgehead atoms. The second-order valence-electron chi connectivity index (χ2n) is 9.93. The molecule has 0 spiro atoms. The molecule has 1 fully saturated rings. The lowest BCUT2D eigenvalue weighted by molar-refractivity contribution is -0.138. The lowest BCUT2D eigenvalue weighted by atomic mass is 9.92. The van der Waals surface area contributed by atoms with E-state index in [1.54, 1.807) is 12.1 Å². The molecular formula is C30H26F3NO2. The number of halogens is 3. The minimum absolute atomic E-state index is 0.00465. The van der Waals surface area contributed by atoms with E-state index in [4.69, 9.17) is 4.74 Å². The fraction of sp³-hybridized carbons (Fsp3) is 0.300. The lowest BCUT2D eigenvalue weighted by Crippen LogP contribution is -2.43. The Kier molecular flexibility index (Phi) is 5.43. The highest BCUT2D eigenvalue weighted by atomic mass is 19.4. The zero-order valence-electron chi connectivity index (χ0n) is 19.9. The van der Waals surface area contributed by atoms with Crippen molar-refractivity contribution in [3.05, 3.63) is 101 Å². The Hall–Kier alpha value is -3.54. The highest BCUT2D eigenvalue weighted by Crippen LogP contribution is 2.45. The molecule has 1 aliphatic carbocycles. The van der Waals surface area contributed by atoms with Gasteiger partial charge in [-0.05, 0) is 71.2 Å². The van der Waals surface area contributed by atoms with Crippen molar-refractivity contribution < 1.29 is 22.7 Å². The molecule has 3 aromatic rings. The summed E-state index contributed by atoms with van der Waals surface area (Å²) in [6, 6.07) is 20.7. The molecule has 3 aromatic carbocycles. The number of hydrogen-bond acceptors (Lipinski definition) is 2. The molecule has 2 atom stereocenters. The molecule has 0 saturated carbocycles. The average molecular weight is 490 g/mol. The van der Waals surface area contributed by atoms with Crippen LogP contribution >= 0.6 is 0 Å². The molecule has 2 heterocycles. The first-order valence-corrected chi connectivity index (χ1v) is 12.3. The summed E-state index contributed by atoms with van der Waals surface area (Å²) in [6.07, 6.45) is -0.336. The first kappa shape index (κ1) is 22.9. The number of amides is 1. The smallest absolute Gasteiger partial charge is 0.416 e. The van der Waals surface area contributed by atoms with Crippen molar-refractivity contribution in [2.24, 2.45) is 0 Å². The molecule has 0 aromatic heterocycles. The van der Waals surface area contributed by atoms with E-state index in [0.29, 0.717) is 6.42 Å². The second-order valence-corrected chi connectivity index (χ2v) is 9.93. The Labute approximate surface area is 208 Å². The topological polar surface area (TPSA) is 29.5 Å². The van der Waals surface area contributed by atoms with Crippen molar-refractivity contribution in [1.82, 2.24) is 4.90 Å². The SMILES string of the molecule is Cc1cc(C2=CC3CCC(C2)N3C(=O)OCC2c3ccccc3-c3ccccc32)ccc1C(F)(F)F. The fourth-order valence-electron chi connectivity index (χ4n) is 6.18. The van der Waals surface area contributed by atoms with Crippen molar-refractivity contribution in [3.63, 3.8) is 0 Å². The number of fused-ring (bicyclic) bond motifs is 5. The zero-order chi connectivity index (χ0) is 25.0. The number of nitrogens with zero attached hydrogens (tertiary/aromatic N) is 1. The molecule has 3 aliphatic rings. The third-order valence-corrected chi connectivity index (χ3v) is 7.84. The van der Waals surface area contributed by atoms with Crippen molar-refractivity contribution in [3.8, 4) is 11.1 Å². The molecule has 2 aliphatic heterocycles. The largest absolute Gasteiger partial charge is 0.448 e. The molecule has 6 rings (SSSR count). The van der Waals surface area contributed by atoms with Gasteiger partial charge in [0.25, 0.3) is 0 Å². The van der Waals surface area contributed by atoms with Crippen LogP contribution in [-0.4, -0.2) is 29.7 Å². The number of benzene rings is 3. The van der Waals surface area contributed by atoms with Crippen LogP contribution in [0, 0.1) is 6.92 Å². The second kappa shape index (κ2) is 8.54. The van der Waals surface area contributed by atoms with E-state index in [9.17, 15) is 18.0 Å². The quantitative estimate of drug-likeness (QED) is 0.379. The number of aryl methyl sites for hydroxylation is 1. The molecule has 3 nitrogen and oxygen atoms in total. The molecular weight excluding hydrogens is 463 g/mol. The third-order valence-electron chi connectivity index (χ3n) is 7.84. The van der Waals surface area contributed by atoms with Crippen LogP contribution in [0.3, 0.4) is 0 Å². The Morgan fingerprint density at radius 2 is 1.64 bits per heavy atom. The van der Waals surface area contributed by atoms with Gasteiger partial charge in [0, 0.05) is 12.0 Å². The number of rotatable bonds is 3. The maximum absolute atomic E-state index is 13.2. The highest BCUT2D eigenvalue weighted by molar-refractivity contribution is 5.79. The standard InChI is InChI=1S/C30H26F3NO2/c1-18-14-19(10-13-28(18)30(31,32)33)20-15-21-11-12-22(16-20)34(21)29(35)36-17-27-25-8-4-2-6-23(25)24-7-3-5-9-26(24)27/h2-10,13-15,21-22,27H,11-12,16-17H2,1H3. The zero-order valence-corrected chi connectivity index (χ0v) is 19.9. The van der Waals surface area contributed by atoms with Crippen LogP contribution in [0.2, 0.25) is 0 Å². The average Bonchev–Trinajstić information content (AvgIpc) is 3.32. The number of alkyl halides is 3. The minimum Gasteiger partial charge on any atom is -0.448 e. The third kappa shape index (κ3) is 3.80. The van der Waals surface area contributed by atoms with Gasteiger partial charge in [-0.1, -0.05) is 66.7 Å². The van der Waals surface area contributed by atoms with Crippen LogP contribution in [0.15, 0.2) is 72.8 Å². The Morgan fingerprint density at radius 1 is 0.972 bits per heavy atom. The molecule has 184 valence electrons. The van der Waals surface area contributed by atoms with E-state index in [2.05, 4.69) is 24.3 Å². The monoisotopic (exact) mass is 489 g/mol. The summed E-state index contributed by atoms with van der Waals surface area (Å²) >= 11 is 0. The van der Waals surface area contributed by atoms with Gasteiger partial charge in [-0.15, -0.1) is 0 Å². The molecule has 1 amide bonds. The van der Waals surface area contributed by atoms with E-state index < -0.39 is 11.7 Å². The van der Waals surface area contributed by atoms with Gasteiger partial charge < -0.3 is 4.74 Å². The Morgan fingerprint density at radius 3 is 2.25 bits per heavy atom. The van der Waals surface area contributed by atoms with Gasteiger partial charge in [-0.2, -0.15) is 13.2 Å². The number of hydrogen-bond donors (Lipinski definition) is 0. The van der Waals surface area contributed by atoms with Crippen LogP contribution in [-0.2, 0) is 10.9 Å². The van der Waals surface area contributed by atoms with Gasteiger partial charge in [0.1, 0.15) is 6.61 Å². The van der Waals surface area contributed by atoms with Crippen LogP contribution < -0.4 is 0 Å². The maximum Gasteiger partial charge on any atom is 0.416 e. The summed E-state index contributed by atoms with van der Waals surface area (Å²) in [7, 11) is 0. The maximum atomic E-state index is 13.2. The van der Waals surface area contributed by atoms with E-state index >= 15 is 0 Å². The van der Waals surface area contributed by atoms with Crippen molar-refractivity contribution in [1.29, 1.82) is 0 Å². The van der Waals surface area contributed by atoms with E-state index in [1.807, 2.05) is 35.2 Å². The molecule has 0 N–H and O–H groups in total. The summed E-state index contributed by atoms with van der Waals surface area (Å²) in [6.45, 7) is 1.77. The first-order chi connectivity index (χ1) is 17.3. The van der Waals surface area contributed by atoms with Crippen LogP contribution in [0.1, 0.15) is 53.0 Å². The number of carbonyl (C=O) groups excluding carboxylic acids is 1. The molecule has 0 radical (unpaired) electrons. The highest BCUT2D eigenvalue weighted by Gasteiger charge is 2.41. The van der Waals surface area contributed by atoms with Gasteiger partial charge in [0.05, 0.1) is 11.6 Å². The molecule has 1 saturated heterocycles. The van der Waals surface area contributed by atoms with Gasteiger partial charge in [-0.3, -0.25) is 4.90 Å². The van der Waals surface area contributed by atoms with Crippen LogP contribution in [0.4, 0.5) is 18.0 Å². The van der Waals surface area contributed by atoms with Gasteiger partial charge in [0.2, 0.25) is 0 Å². The Balaban J connectivity index is 1.19. The predicted octanol–water partition coefficient (Wildman–Crippen LogP) is 7.58. The number of carbonyl (C=O) groups is 1. The first-order valence-electron chi connectivity index (χ1n) is 12.3. The van der Waals surface area contributed by atoms with Gasteiger partial charge in [0.15, 0.2) is 0 Å². The summed E-state index contributed by atoms with van der Waals surface area (Å²) in [5.41, 5.74) is 6.13. The van der Waals surface area contributed by atoms with Crippen molar-refractivity contribution in [2.75, 3.05) is 6.61 Å². The normalized spacial score (nSPS) is 20.7. The predicted molar refractivity (Wildman–Crippen MR) is 132 cm³/mol. The van der Waals surface area contributed by atoms with Crippen LogP contribution in [0.5, 0.6) is 0 Å². The van der Waals surface area contributed by atoms with E-state index in [1.165, 1.54) is 29.2 Å². The summed E-state index contributed by atoms with van der Waals surface area (Å²) in [5, 5.41) is 0. The number of ether oxygens (including phenoxy) is 1. The Bertz CT molecular complexity index is 1330. The van der Waals surface area contributed by atoms with Crippen molar-refractivity contribution >= 4 is 11.7 Å². The molecule has 2 unspecified atom stereocenters. The van der Waals surface area contributed by atoms with Crippen molar-refractivity contribution in [2.45, 2.75) is 50.4 Å². The molecule has 6 heteroatoms.